The van der Waals surface area contributed by atoms with Crippen LogP contribution < -0.4 is 5.32 Å². The van der Waals surface area contributed by atoms with Gasteiger partial charge in [-0.15, -0.1) is 11.8 Å². The highest BCUT2D eigenvalue weighted by Crippen LogP contribution is 2.29. The van der Waals surface area contributed by atoms with Crippen molar-refractivity contribution in [2.75, 3.05) is 31.7 Å². The highest BCUT2D eigenvalue weighted by Gasteiger charge is 2.22. The summed E-state index contributed by atoms with van der Waals surface area (Å²) in [6.45, 7) is 6.93. The second-order valence-electron chi connectivity index (χ2n) is 5.48. The van der Waals surface area contributed by atoms with Crippen molar-refractivity contribution in [2.45, 2.75) is 31.2 Å². The van der Waals surface area contributed by atoms with E-state index in [1.807, 2.05) is 39.2 Å². The lowest BCUT2D eigenvalue weighted by atomic mass is 10.0. The molecule has 0 bridgehead atoms. The summed E-state index contributed by atoms with van der Waals surface area (Å²) in [4.78, 5) is 14.4. The molecule has 1 aromatic rings. The van der Waals surface area contributed by atoms with Crippen LogP contribution in [0.5, 0.6) is 0 Å². The molecule has 0 atom stereocenters. The highest BCUT2D eigenvalue weighted by atomic mass is 32.2. The van der Waals surface area contributed by atoms with Gasteiger partial charge in [0, 0.05) is 22.7 Å². The number of carbonyl (C=O) groups is 1. The summed E-state index contributed by atoms with van der Waals surface area (Å²) in [5, 5.41) is 12.7. The minimum absolute atomic E-state index is 0.0519. The first-order chi connectivity index (χ1) is 9.29. The predicted octanol–water partition coefficient (Wildman–Crippen LogP) is 3.25. The van der Waals surface area contributed by atoms with Crippen LogP contribution in [-0.2, 0) is 0 Å². The Labute approximate surface area is 125 Å². The third-order valence-corrected chi connectivity index (χ3v) is 4.40. The quantitative estimate of drug-likeness (QED) is 0.757. The van der Waals surface area contributed by atoms with Gasteiger partial charge in [-0.2, -0.15) is 0 Å². The van der Waals surface area contributed by atoms with Crippen molar-refractivity contribution in [1.29, 1.82) is 0 Å². The molecule has 0 aromatic heterocycles. The average Bonchev–Trinajstić information content (AvgIpc) is 2.36. The Morgan fingerprint density at radius 3 is 2.55 bits per heavy atom. The number of carboxylic acids is 1. The number of nitrogens with one attached hydrogen (secondary N) is 1. The van der Waals surface area contributed by atoms with Crippen molar-refractivity contribution in [3.63, 3.8) is 0 Å². The molecule has 112 valence electrons. The van der Waals surface area contributed by atoms with Crippen molar-refractivity contribution in [2.24, 2.45) is 0 Å². The summed E-state index contributed by atoms with van der Waals surface area (Å²) in [5.74, 6) is -0.0286. The SMILES string of the molecule is CCSc1cccc(NCC(C)(C)N(C)C)c1C(=O)O. The zero-order valence-electron chi connectivity index (χ0n) is 12.9. The van der Waals surface area contributed by atoms with E-state index in [2.05, 4.69) is 24.1 Å². The molecule has 0 fully saturated rings. The Morgan fingerprint density at radius 1 is 1.40 bits per heavy atom. The van der Waals surface area contributed by atoms with Gasteiger partial charge in [-0.3, -0.25) is 0 Å². The van der Waals surface area contributed by atoms with Gasteiger partial charge in [0.1, 0.15) is 0 Å². The van der Waals surface area contributed by atoms with E-state index in [1.165, 1.54) is 0 Å². The van der Waals surface area contributed by atoms with E-state index in [4.69, 9.17) is 0 Å². The Bertz CT molecular complexity index is 473. The lowest BCUT2D eigenvalue weighted by Gasteiger charge is -2.33. The molecule has 5 heteroatoms. The van der Waals surface area contributed by atoms with E-state index in [0.29, 0.717) is 17.8 Å². The van der Waals surface area contributed by atoms with Gasteiger partial charge in [0.05, 0.1) is 5.56 Å². The molecule has 0 heterocycles. The van der Waals surface area contributed by atoms with Crippen LogP contribution in [0.3, 0.4) is 0 Å². The third-order valence-electron chi connectivity index (χ3n) is 3.46. The second kappa shape index (κ2) is 6.99. The van der Waals surface area contributed by atoms with Crippen molar-refractivity contribution >= 4 is 23.4 Å². The molecule has 0 amide bonds. The summed E-state index contributed by atoms with van der Waals surface area (Å²) in [6.07, 6.45) is 0. The van der Waals surface area contributed by atoms with E-state index in [1.54, 1.807) is 11.8 Å². The molecule has 0 radical (unpaired) electrons. The van der Waals surface area contributed by atoms with Gasteiger partial charge in [0.15, 0.2) is 0 Å². The average molecular weight is 296 g/mol. The Morgan fingerprint density at radius 2 is 2.05 bits per heavy atom. The van der Waals surface area contributed by atoms with Gasteiger partial charge in [-0.05, 0) is 45.8 Å². The first-order valence-corrected chi connectivity index (χ1v) is 7.68. The Kier molecular flexibility index (Phi) is 5.89. The molecule has 4 nitrogen and oxygen atoms in total. The van der Waals surface area contributed by atoms with Gasteiger partial charge in [-0.1, -0.05) is 13.0 Å². The molecule has 20 heavy (non-hydrogen) atoms. The Balaban J connectivity index is 3.00. The van der Waals surface area contributed by atoms with Crippen molar-refractivity contribution in [3.05, 3.63) is 23.8 Å². The Hall–Kier alpha value is -1.20. The van der Waals surface area contributed by atoms with Crippen molar-refractivity contribution in [1.82, 2.24) is 4.90 Å². The fourth-order valence-electron chi connectivity index (χ4n) is 1.64. The van der Waals surface area contributed by atoms with Crippen LogP contribution in [0.25, 0.3) is 0 Å². The minimum Gasteiger partial charge on any atom is -0.478 e. The molecule has 2 N–H and O–H groups in total. The highest BCUT2D eigenvalue weighted by molar-refractivity contribution is 7.99. The number of hydrogen-bond donors (Lipinski definition) is 2. The largest absolute Gasteiger partial charge is 0.478 e. The second-order valence-corrected chi connectivity index (χ2v) is 6.78. The lowest BCUT2D eigenvalue weighted by molar-refractivity contribution is 0.0694. The molecule has 1 rings (SSSR count). The van der Waals surface area contributed by atoms with Crippen LogP contribution in [0, 0.1) is 0 Å². The smallest absolute Gasteiger partial charge is 0.338 e. The lowest BCUT2D eigenvalue weighted by Crippen LogP contribution is -2.44. The van der Waals surface area contributed by atoms with Crippen LogP contribution in [-0.4, -0.2) is 47.9 Å². The molecule has 0 saturated heterocycles. The number of carboxylic acid groups (broad SMARTS) is 1. The maximum atomic E-state index is 11.5. The predicted molar refractivity (Wildman–Crippen MR) is 86.1 cm³/mol. The summed E-state index contributed by atoms with van der Waals surface area (Å²) in [7, 11) is 4.03. The number of hydrogen-bond acceptors (Lipinski definition) is 4. The van der Waals surface area contributed by atoms with Gasteiger partial charge < -0.3 is 15.3 Å². The van der Waals surface area contributed by atoms with Crippen molar-refractivity contribution < 1.29 is 9.90 Å². The number of likely N-dealkylation sites (N-methyl/N-ethyl adjacent to an activating group) is 1. The number of thioether (sulfide) groups is 1. The van der Waals surface area contributed by atoms with Gasteiger partial charge in [0.2, 0.25) is 0 Å². The zero-order chi connectivity index (χ0) is 15.3. The monoisotopic (exact) mass is 296 g/mol. The molecule has 0 aliphatic rings. The van der Waals surface area contributed by atoms with Crippen LogP contribution in [0.4, 0.5) is 5.69 Å². The summed E-state index contributed by atoms with van der Waals surface area (Å²) < 4.78 is 0. The number of nitrogens with zero attached hydrogens (tertiary/aromatic N) is 1. The molecular formula is C15H24N2O2S. The third kappa shape index (κ3) is 4.15. The summed E-state index contributed by atoms with van der Waals surface area (Å²) in [5.41, 5.74) is 1.00. The molecule has 0 spiro atoms. The number of rotatable bonds is 7. The number of aromatic carboxylic acids is 1. The molecule has 0 aliphatic carbocycles. The zero-order valence-corrected chi connectivity index (χ0v) is 13.7. The number of anilines is 1. The van der Waals surface area contributed by atoms with Crippen LogP contribution in [0.15, 0.2) is 23.1 Å². The standard InChI is InChI=1S/C15H24N2O2S/c1-6-20-12-9-7-8-11(13(12)14(18)19)16-10-15(2,3)17(4)5/h7-9,16H,6,10H2,1-5H3,(H,18,19). The summed E-state index contributed by atoms with van der Waals surface area (Å²) in [6, 6.07) is 5.59. The van der Waals surface area contributed by atoms with E-state index < -0.39 is 5.97 Å². The van der Waals surface area contributed by atoms with E-state index in [0.717, 1.165) is 10.6 Å². The number of benzene rings is 1. The van der Waals surface area contributed by atoms with Crippen LogP contribution in [0.2, 0.25) is 0 Å². The van der Waals surface area contributed by atoms with E-state index in [-0.39, 0.29) is 5.54 Å². The first-order valence-electron chi connectivity index (χ1n) is 6.70. The van der Waals surface area contributed by atoms with Gasteiger partial charge >= 0.3 is 5.97 Å². The molecule has 0 aliphatic heterocycles. The summed E-state index contributed by atoms with van der Waals surface area (Å²) >= 11 is 1.55. The molecule has 1 aromatic carbocycles. The molecule has 0 unspecified atom stereocenters. The van der Waals surface area contributed by atoms with Gasteiger partial charge in [-0.25, -0.2) is 4.79 Å². The normalized spacial score (nSPS) is 11.7. The first kappa shape index (κ1) is 16.9. The van der Waals surface area contributed by atoms with Crippen LogP contribution >= 0.6 is 11.8 Å². The van der Waals surface area contributed by atoms with Crippen LogP contribution in [0.1, 0.15) is 31.1 Å². The maximum Gasteiger partial charge on any atom is 0.338 e. The molecule has 0 saturated carbocycles. The fourth-order valence-corrected chi connectivity index (χ4v) is 2.47. The van der Waals surface area contributed by atoms with Crippen molar-refractivity contribution in [3.8, 4) is 0 Å². The van der Waals surface area contributed by atoms with E-state index >= 15 is 0 Å². The topological polar surface area (TPSA) is 52.6 Å². The molecular weight excluding hydrogens is 272 g/mol. The minimum atomic E-state index is -0.883. The van der Waals surface area contributed by atoms with Gasteiger partial charge in [0.25, 0.3) is 0 Å². The maximum absolute atomic E-state index is 11.5. The fraction of sp³-hybridized carbons (Fsp3) is 0.533. The van der Waals surface area contributed by atoms with E-state index in [9.17, 15) is 9.90 Å².